The van der Waals surface area contributed by atoms with Crippen LogP contribution in [0.2, 0.25) is 0 Å². The summed E-state index contributed by atoms with van der Waals surface area (Å²) in [6.07, 6.45) is 0.596. The maximum absolute atomic E-state index is 12.5. The first-order valence-corrected chi connectivity index (χ1v) is 9.29. The number of carboxylic acids is 1. The molecule has 0 saturated carbocycles. The van der Waals surface area contributed by atoms with Crippen LogP contribution in [0.5, 0.6) is 0 Å². The molecule has 150 valence electrons. The number of carbonyl (C=O) groups excluding carboxylic acids is 3. The Bertz CT molecular complexity index is 939. The van der Waals surface area contributed by atoms with Crippen molar-refractivity contribution in [3.8, 4) is 0 Å². The summed E-state index contributed by atoms with van der Waals surface area (Å²) in [5.74, 6) is -2.33. The second-order valence-electron chi connectivity index (χ2n) is 7.40. The van der Waals surface area contributed by atoms with E-state index in [0.717, 1.165) is 5.56 Å². The first kappa shape index (κ1) is 20.3. The molecule has 7 heteroatoms. The van der Waals surface area contributed by atoms with E-state index in [4.69, 9.17) is 0 Å². The van der Waals surface area contributed by atoms with Crippen LogP contribution in [0.3, 0.4) is 0 Å². The van der Waals surface area contributed by atoms with Gasteiger partial charge in [-0.2, -0.15) is 0 Å². The number of carbonyl (C=O) groups is 4. The number of rotatable bonds is 7. The molecule has 29 heavy (non-hydrogen) atoms. The molecule has 1 heterocycles. The van der Waals surface area contributed by atoms with Gasteiger partial charge >= 0.3 is 5.97 Å². The minimum absolute atomic E-state index is 0.0582. The summed E-state index contributed by atoms with van der Waals surface area (Å²) in [6, 6.07) is 15.5. The van der Waals surface area contributed by atoms with Crippen molar-refractivity contribution < 1.29 is 24.3 Å². The van der Waals surface area contributed by atoms with Gasteiger partial charge in [0.1, 0.15) is 5.41 Å². The van der Waals surface area contributed by atoms with E-state index in [0.29, 0.717) is 17.5 Å². The average Bonchev–Trinajstić information content (AvgIpc) is 3.03. The second kappa shape index (κ2) is 8.26. The quantitative estimate of drug-likeness (QED) is 0.619. The molecule has 0 aromatic heterocycles. The summed E-state index contributed by atoms with van der Waals surface area (Å²) in [5, 5.41) is 14.7. The van der Waals surface area contributed by atoms with Gasteiger partial charge in [-0.05, 0) is 36.6 Å². The SMILES string of the molecule is CC(CNC(=O)c1ccc(CC2CC(=O)NC2=O)cc1)(C(=O)O)c1ccccc1. The second-order valence-corrected chi connectivity index (χ2v) is 7.40. The highest BCUT2D eigenvalue weighted by molar-refractivity contribution is 6.03. The first-order chi connectivity index (χ1) is 13.8. The lowest BCUT2D eigenvalue weighted by atomic mass is 9.82. The van der Waals surface area contributed by atoms with Crippen LogP contribution >= 0.6 is 0 Å². The number of aliphatic carboxylic acids is 1. The molecule has 0 bridgehead atoms. The molecule has 3 amide bonds. The summed E-state index contributed by atoms with van der Waals surface area (Å²) >= 11 is 0. The molecule has 2 aromatic carbocycles. The third-order valence-electron chi connectivity index (χ3n) is 5.25. The predicted molar refractivity (Wildman–Crippen MR) is 105 cm³/mol. The smallest absolute Gasteiger partial charge is 0.315 e. The topological polar surface area (TPSA) is 113 Å². The van der Waals surface area contributed by atoms with Gasteiger partial charge in [0, 0.05) is 18.5 Å². The molecular weight excluding hydrogens is 372 g/mol. The highest BCUT2D eigenvalue weighted by atomic mass is 16.4. The van der Waals surface area contributed by atoms with Crippen molar-refractivity contribution in [1.82, 2.24) is 10.6 Å². The zero-order chi connectivity index (χ0) is 21.0. The lowest BCUT2D eigenvalue weighted by Crippen LogP contribution is -2.44. The van der Waals surface area contributed by atoms with E-state index in [1.54, 1.807) is 61.5 Å². The molecule has 0 radical (unpaired) electrons. The van der Waals surface area contributed by atoms with E-state index in [1.165, 1.54) is 0 Å². The van der Waals surface area contributed by atoms with Crippen LogP contribution in [-0.4, -0.2) is 35.3 Å². The van der Waals surface area contributed by atoms with Crippen LogP contribution in [0.25, 0.3) is 0 Å². The lowest BCUT2D eigenvalue weighted by Gasteiger charge is -2.25. The summed E-state index contributed by atoms with van der Waals surface area (Å²) in [6.45, 7) is 1.51. The third kappa shape index (κ3) is 4.51. The maximum Gasteiger partial charge on any atom is 0.315 e. The molecule has 0 spiro atoms. The van der Waals surface area contributed by atoms with Crippen LogP contribution in [0.1, 0.15) is 34.8 Å². The van der Waals surface area contributed by atoms with Gasteiger partial charge in [0.2, 0.25) is 11.8 Å². The van der Waals surface area contributed by atoms with Crippen LogP contribution in [0, 0.1) is 5.92 Å². The molecule has 1 aliphatic rings. The van der Waals surface area contributed by atoms with Crippen molar-refractivity contribution >= 4 is 23.7 Å². The molecule has 7 nitrogen and oxygen atoms in total. The number of benzene rings is 2. The molecule has 2 atom stereocenters. The van der Waals surface area contributed by atoms with Crippen LogP contribution in [0.15, 0.2) is 54.6 Å². The lowest BCUT2D eigenvalue weighted by molar-refractivity contribution is -0.143. The number of amides is 3. The molecule has 1 fully saturated rings. The van der Waals surface area contributed by atoms with Gasteiger partial charge in [-0.1, -0.05) is 42.5 Å². The number of hydrogen-bond donors (Lipinski definition) is 3. The zero-order valence-electron chi connectivity index (χ0n) is 16.0. The first-order valence-electron chi connectivity index (χ1n) is 9.29. The number of hydrogen-bond acceptors (Lipinski definition) is 4. The highest BCUT2D eigenvalue weighted by Crippen LogP contribution is 2.23. The van der Waals surface area contributed by atoms with Crippen LogP contribution in [-0.2, 0) is 26.2 Å². The van der Waals surface area contributed by atoms with Gasteiger partial charge in [0.05, 0.1) is 5.92 Å². The summed E-state index contributed by atoms with van der Waals surface area (Å²) in [4.78, 5) is 47.3. The molecular formula is C22H22N2O5. The van der Waals surface area contributed by atoms with Gasteiger partial charge < -0.3 is 10.4 Å². The average molecular weight is 394 g/mol. The molecule has 0 aliphatic carbocycles. The maximum atomic E-state index is 12.5. The molecule has 3 rings (SSSR count). The standard InChI is InChI=1S/C22H22N2O5/c1-22(21(28)29,17-5-3-2-4-6-17)13-23-19(26)15-9-7-14(8-10-15)11-16-12-18(25)24-20(16)27/h2-10,16H,11-13H2,1H3,(H,23,26)(H,28,29)(H,24,25,27). The van der Waals surface area contributed by atoms with E-state index >= 15 is 0 Å². The molecule has 1 aliphatic heterocycles. The minimum Gasteiger partial charge on any atom is -0.481 e. The van der Waals surface area contributed by atoms with Gasteiger partial charge in [-0.15, -0.1) is 0 Å². The van der Waals surface area contributed by atoms with E-state index in [-0.39, 0.29) is 36.6 Å². The summed E-state index contributed by atoms with van der Waals surface area (Å²) in [5.41, 5.74) is 0.587. The highest BCUT2D eigenvalue weighted by Gasteiger charge is 2.35. The summed E-state index contributed by atoms with van der Waals surface area (Å²) in [7, 11) is 0. The van der Waals surface area contributed by atoms with E-state index in [9.17, 15) is 24.3 Å². The van der Waals surface area contributed by atoms with Gasteiger partial charge in [0.15, 0.2) is 0 Å². The molecule has 2 aromatic rings. The fourth-order valence-electron chi connectivity index (χ4n) is 3.31. The summed E-state index contributed by atoms with van der Waals surface area (Å²) < 4.78 is 0. The van der Waals surface area contributed by atoms with Gasteiger partial charge in [-0.3, -0.25) is 24.5 Å². The third-order valence-corrected chi connectivity index (χ3v) is 5.25. The van der Waals surface area contributed by atoms with Crippen LogP contribution in [0.4, 0.5) is 0 Å². The fraction of sp³-hybridized carbons (Fsp3) is 0.273. The Labute approximate surface area is 168 Å². The van der Waals surface area contributed by atoms with Gasteiger partial charge in [-0.25, -0.2) is 0 Å². The van der Waals surface area contributed by atoms with Crippen molar-refractivity contribution in [2.24, 2.45) is 5.92 Å². The molecule has 3 N–H and O–H groups in total. The van der Waals surface area contributed by atoms with Crippen molar-refractivity contribution in [1.29, 1.82) is 0 Å². The number of imide groups is 1. The normalized spacial score (nSPS) is 18.0. The van der Waals surface area contributed by atoms with Crippen LogP contribution < -0.4 is 10.6 Å². The number of nitrogens with one attached hydrogen (secondary N) is 2. The Morgan fingerprint density at radius 3 is 2.31 bits per heavy atom. The fourth-order valence-corrected chi connectivity index (χ4v) is 3.31. The minimum atomic E-state index is -1.25. The van der Waals surface area contributed by atoms with Crippen molar-refractivity contribution in [3.63, 3.8) is 0 Å². The Kier molecular flexibility index (Phi) is 5.77. The Hall–Kier alpha value is -3.48. The Morgan fingerprint density at radius 1 is 1.10 bits per heavy atom. The molecule has 2 unspecified atom stereocenters. The largest absolute Gasteiger partial charge is 0.481 e. The van der Waals surface area contributed by atoms with Crippen molar-refractivity contribution in [2.45, 2.75) is 25.2 Å². The van der Waals surface area contributed by atoms with Gasteiger partial charge in [0.25, 0.3) is 5.91 Å². The predicted octanol–water partition coefficient (Wildman–Crippen LogP) is 1.66. The van der Waals surface area contributed by atoms with E-state index in [1.807, 2.05) is 0 Å². The van der Waals surface area contributed by atoms with E-state index in [2.05, 4.69) is 10.6 Å². The Balaban J connectivity index is 1.64. The Morgan fingerprint density at radius 2 is 1.76 bits per heavy atom. The van der Waals surface area contributed by atoms with E-state index < -0.39 is 11.4 Å². The zero-order valence-corrected chi connectivity index (χ0v) is 16.0. The van der Waals surface area contributed by atoms with Crippen molar-refractivity contribution in [2.75, 3.05) is 6.54 Å². The monoisotopic (exact) mass is 394 g/mol. The molecule has 1 saturated heterocycles. The number of carboxylic acid groups (broad SMARTS) is 1. The van der Waals surface area contributed by atoms with Crippen molar-refractivity contribution in [3.05, 3.63) is 71.3 Å².